The minimum Gasteiger partial charge on any atom is -0.381 e. The fourth-order valence-corrected chi connectivity index (χ4v) is 1.18. The maximum atomic E-state index is 8.47. The average molecular weight is 140 g/mol. The normalized spacial score (nSPS) is 23.6. The Hall–Kier alpha value is -0.590. The SMILES string of the molecule is N#CC(N)C1CCOCC1. The van der Waals surface area contributed by atoms with Gasteiger partial charge in [0.2, 0.25) is 0 Å². The Morgan fingerprint density at radius 2 is 2.10 bits per heavy atom. The summed E-state index contributed by atoms with van der Waals surface area (Å²) in [7, 11) is 0. The first kappa shape index (κ1) is 7.52. The molecule has 1 unspecified atom stereocenters. The molecule has 0 radical (unpaired) electrons. The lowest BCUT2D eigenvalue weighted by Crippen LogP contribution is -2.32. The highest BCUT2D eigenvalue weighted by atomic mass is 16.5. The number of nitrogens with zero attached hydrogens (tertiary/aromatic N) is 1. The Labute approximate surface area is 60.8 Å². The summed E-state index contributed by atoms with van der Waals surface area (Å²) in [4.78, 5) is 0. The van der Waals surface area contributed by atoms with E-state index in [1.165, 1.54) is 0 Å². The van der Waals surface area contributed by atoms with Crippen LogP contribution < -0.4 is 5.73 Å². The van der Waals surface area contributed by atoms with Gasteiger partial charge in [-0.3, -0.25) is 0 Å². The van der Waals surface area contributed by atoms with Gasteiger partial charge in [0.15, 0.2) is 0 Å². The summed E-state index contributed by atoms with van der Waals surface area (Å²) in [5.41, 5.74) is 5.53. The maximum absolute atomic E-state index is 8.47. The molecule has 1 aliphatic heterocycles. The Balaban J connectivity index is 2.33. The smallest absolute Gasteiger partial charge is 0.0958 e. The molecular formula is C7H12N2O. The number of hydrogen-bond donors (Lipinski definition) is 1. The van der Waals surface area contributed by atoms with E-state index >= 15 is 0 Å². The van der Waals surface area contributed by atoms with Gasteiger partial charge in [-0.2, -0.15) is 5.26 Å². The second-order valence-corrected chi connectivity index (χ2v) is 2.60. The van der Waals surface area contributed by atoms with Crippen LogP contribution in [-0.4, -0.2) is 19.3 Å². The van der Waals surface area contributed by atoms with Gasteiger partial charge >= 0.3 is 0 Å². The molecule has 1 aliphatic rings. The highest BCUT2D eigenvalue weighted by Gasteiger charge is 2.19. The van der Waals surface area contributed by atoms with Gasteiger partial charge in [-0.25, -0.2) is 0 Å². The monoisotopic (exact) mass is 140 g/mol. The number of hydrogen-bond acceptors (Lipinski definition) is 3. The molecule has 3 nitrogen and oxygen atoms in total. The zero-order valence-electron chi connectivity index (χ0n) is 5.92. The first-order valence-electron chi connectivity index (χ1n) is 3.57. The van der Waals surface area contributed by atoms with E-state index in [1.54, 1.807) is 0 Å². The zero-order valence-corrected chi connectivity index (χ0v) is 5.92. The van der Waals surface area contributed by atoms with Crippen molar-refractivity contribution in [3.63, 3.8) is 0 Å². The summed E-state index contributed by atoms with van der Waals surface area (Å²) in [6, 6.07) is 1.77. The van der Waals surface area contributed by atoms with Gasteiger partial charge in [0.05, 0.1) is 12.1 Å². The van der Waals surface area contributed by atoms with E-state index in [1.807, 2.05) is 0 Å². The molecule has 1 rings (SSSR count). The molecule has 56 valence electrons. The molecule has 2 N–H and O–H groups in total. The quantitative estimate of drug-likeness (QED) is 0.568. The van der Waals surface area contributed by atoms with Crippen molar-refractivity contribution in [1.29, 1.82) is 5.26 Å². The van der Waals surface area contributed by atoms with Crippen LogP contribution in [0.5, 0.6) is 0 Å². The fraction of sp³-hybridized carbons (Fsp3) is 0.857. The van der Waals surface area contributed by atoms with E-state index in [2.05, 4.69) is 6.07 Å². The lowest BCUT2D eigenvalue weighted by molar-refractivity contribution is 0.0635. The van der Waals surface area contributed by atoms with Crippen LogP contribution in [0.2, 0.25) is 0 Å². The minimum atomic E-state index is -0.288. The van der Waals surface area contributed by atoms with Crippen molar-refractivity contribution in [3.8, 4) is 6.07 Å². The van der Waals surface area contributed by atoms with Crippen LogP contribution in [-0.2, 0) is 4.74 Å². The Morgan fingerprint density at radius 1 is 1.50 bits per heavy atom. The van der Waals surface area contributed by atoms with Crippen molar-refractivity contribution in [2.24, 2.45) is 11.7 Å². The Morgan fingerprint density at radius 3 is 2.60 bits per heavy atom. The molecule has 0 amide bonds. The van der Waals surface area contributed by atoms with Crippen molar-refractivity contribution in [2.75, 3.05) is 13.2 Å². The first-order chi connectivity index (χ1) is 4.84. The van der Waals surface area contributed by atoms with Gasteiger partial charge in [0.25, 0.3) is 0 Å². The lowest BCUT2D eigenvalue weighted by Gasteiger charge is -2.23. The van der Waals surface area contributed by atoms with Crippen LogP contribution in [0.4, 0.5) is 0 Å². The molecule has 0 bridgehead atoms. The maximum Gasteiger partial charge on any atom is 0.0958 e. The van der Waals surface area contributed by atoms with Crippen LogP contribution in [0.25, 0.3) is 0 Å². The van der Waals surface area contributed by atoms with E-state index in [0.717, 1.165) is 26.1 Å². The lowest BCUT2D eigenvalue weighted by atomic mass is 9.93. The summed E-state index contributed by atoms with van der Waals surface area (Å²) < 4.78 is 5.13. The third-order valence-electron chi connectivity index (χ3n) is 1.92. The van der Waals surface area contributed by atoms with Gasteiger partial charge in [-0.15, -0.1) is 0 Å². The summed E-state index contributed by atoms with van der Waals surface area (Å²) in [5.74, 6) is 0.360. The van der Waals surface area contributed by atoms with Gasteiger partial charge in [-0.1, -0.05) is 0 Å². The van der Waals surface area contributed by atoms with Crippen molar-refractivity contribution >= 4 is 0 Å². The van der Waals surface area contributed by atoms with E-state index in [0.29, 0.717) is 5.92 Å². The highest BCUT2D eigenvalue weighted by Crippen LogP contribution is 2.16. The third kappa shape index (κ3) is 1.69. The van der Waals surface area contributed by atoms with Crippen molar-refractivity contribution in [3.05, 3.63) is 0 Å². The largest absolute Gasteiger partial charge is 0.381 e. The van der Waals surface area contributed by atoms with Gasteiger partial charge in [-0.05, 0) is 18.8 Å². The number of ether oxygens (including phenoxy) is 1. The molecule has 0 saturated carbocycles. The molecule has 3 heteroatoms. The predicted molar refractivity (Wildman–Crippen MR) is 37.1 cm³/mol. The molecule has 1 fully saturated rings. The van der Waals surface area contributed by atoms with Crippen LogP contribution in [0.1, 0.15) is 12.8 Å². The second kappa shape index (κ2) is 3.55. The van der Waals surface area contributed by atoms with Crippen molar-refractivity contribution in [2.45, 2.75) is 18.9 Å². The Bertz CT molecular complexity index is 135. The molecule has 1 saturated heterocycles. The van der Waals surface area contributed by atoms with Gasteiger partial charge in [0.1, 0.15) is 0 Å². The number of rotatable bonds is 1. The summed E-state index contributed by atoms with van der Waals surface area (Å²) in [5, 5.41) is 8.47. The molecule has 0 aromatic heterocycles. The van der Waals surface area contributed by atoms with Gasteiger partial charge in [0, 0.05) is 13.2 Å². The van der Waals surface area contributed by atoms with Crippen LogP contribution >= 0.6 is 0 Å². The third-order valence-corrected chi connectivity index (χ3v) is 1.92. The zero-order chi connectivity index (χ0) is 7.40. The highest BCUT2D eigenvalue weighted by molar-refractivity contribution is 4.92. The van der Waals surface area contributed by atoms with Crippen molar-refractivity contribution in [1.82, 2.24) is 0 Å². The molecule has 1 heterocycles. The minimum absolute atomic E-state index is 0.288. The Kier molecular flexibility index (Phi) is 2.67. The molecule has 0 aliphatic carbocycles. The van der Waals surface area contributed by atoms with Gasteiger partial charge < -0.3 is 10.5 Å². The molecule has 0 aromatic carbocycles. The summed E-state index contributed by atoms with van der Waals surface area (Å²) >= 11 is 0. The predicted octanol–water partition coefficient (Wildman–Crippen LogP) is 0.264. The van der Waals surface area contributed by atoms with E-state index in [4.69, 9.17) is 15.7 Å². The molecule has 1 atom stereocenters. The van der Waals surface area contributed by atoms with Crippen LogP contribution in [0, 0.1) is 17.2 Å². The number of nitriles is 1. The molecular weight excluding hydrogens is 128 g/mol. The molecule has 0 spiro atoms. The second-order valence-electron chi connectivity index (χ2n) is 2.60. The number of nitrogens with two attached hydrogens (primary N) is 1. The van der Waals surface area contributed by atoms with Crippen molar-refractivity contribution < 1.29 is 4.74 Å². The summed E-state index contributed by atoms with van der Waals surface area (Å²) in [6.45, 7) is 1.53. The standard InChI is InChI=1S/C7H12N2O/c8-5-7(9)6-1-3-10-4-2-6/h6-7H,1-4,9H2. The topological polar surface area (TPSA) is 59.0 Å². The fourth-order valence-electron chi connectivity index (χ4n) is 1.18. The van der Waals surface area contributed by atoms with Crippen LogP contribution in [0.3, 0.4) is 0 Å². The van der Waals surface area contributed by atoms with E-state index in [9.17, 15) is 0 Å². The molecule has 0 aromatic rings. The molecule has 10 heavy (non-hydrogen) atoms. The average Bonchev–Trinajstić information content (AvgIpc) is 2.05. The van der Waals surface area contributed by atoms with E-state index in [-0.39, 0.29) is 6.04 Å². The van der Waals surface area contributed by atoms with E-state index < -0.39 is 0 Å². The van der Waals surface area contributed by atoms with Crippen LogP contribution in [0.15, 0.2) is 0 Å². The first-order valence-corrected chi connectivity index (χ1v) is 3.57. The summed E-state index contributed by atoms with van der Waals surface area (Å²) in [6.07, 6.45) is 1.88.